The number of amides is 1. The van der Waals surface area contributed by atoms with Crippen molar-refractivity contribution in [1.29, 1.82) is 0 Å². The number of carbonyl (C=O) groups is 2. The first kappa shape index (κ1) is 20.5. The Balaban J connectivity index is 1.46. The fourth-order valence-electron chi connectivity index (χ4n) is 4.80. The molecule has 1 N–H and O–H groups in total. The van der Waals surface area contributed by atoms with Crippen LogP contribution in [0.4, 0.5) is 0 Å². The van der Waals surface area contributed by atoms with E-state index in [9.17, 15) is 9.59 Å². The average Bonchev–Trinajstić information content (AvgIpc) is 3.51. The lowest BCUT2D eigenvalue weighted by molar-refractivity contribution is -0.124. The molecule has 1 amide bonds. The third kappa shape index (κ3) is 4.17. The van der Waals surface area contributed by atoms with Gasteiger partial charge in [-0.2, -0.15) is 0 Å². The van der Waals surface area contributed by atoms with E-state index in [1.165, 1.54) is 0 Å². The standard InChI is InChI=1S/C26H26N2O4/c29-23(27-18-8-1-2-9-18)16-32-26(30)24-20-11-3-4-13-22(20)28-25-17(7-5-12-21(24)25)15-19-10-6-14-31-19/h3-4,6,10-11,13-15,18H,1-2,5,7-9,12,16H2,(H,27,29)/b17-15-. The second-order valence-electron chi connectivity index (χ2n) is 8.49. The maximum Gasteiger partial charge on any atom is 0.339 e. The van der Waals surface area contributed by atoms with E-state index >= 15 is 0 Å². The summed E-state index contributed by atoms with van der Waals surface area (Å²) in [6.07, 6.45) is 10.4. The monoisotopic (exact) mass is 430 g/mol. The summed E-state index contributed by atoms with van der Waals surface area (Å²) in [6.45, 7) is -0.268. The van der Waals surface area contributed by atoms with E-state index in [1.807, 2.05) is 42.5 Å². The van der Waals surface area contributed by atoms with Crippen molar-refractivity contribution in [3.05, 3.63) is 65.2 Å². The molecule has 6 nitrogen and oxygen atoms in total. The van der Waals surface area contributed by atoms with Crippen LogP contribution in [0.25, 0.3) is 22.6 Å². The van der Waals surface area contributed by atoms with Crippen LogP contribution in [0.5, 0.6) is 0 Å². The van der Waals surface area contributed by atoms with Crippen molar-refractivity contribution in [1.82, 2.24) is 10.3 Å². The Kier molecular flexibility index (Phi) is 5.75. The summed E-state index contributed by atoms with van der Waals surface area (Å²) < 4.78 is 11.0. The summed E-state index contributed by atoms with van der Waals surface area (Å²) in [6, 6.07) is 11.5. The molecule has 0 unspecified atom stereocenters. The van der Waals surface area contributed by atoms with Crippen molar-refractivity contribution in [2.24, 2.45) is 0 Å². The van der Waals surface area contributed by atoms with Crippen LogP contribution < -0.4 is 5.32 Å². The summed E-state index contributed by atoms with van der Waals surface area (Å²) in [5.74, 6) is 0.0482. The van der Waals surface area contributed by atoms with E-state index in [4.69, 9.17) is 14.1 Å². The van der Waals surface area contributed by atoms with E-state index < -0.39 is 5.97 Å². The zero-order valence-electron chi connectivity index (χ0n) is 17.9. The van der Waals surface area contributed by atoms with Gasteiger partial charge in [0.15, 0.2) is 6.61 Å². The molecule has 1 saturated carbocycles. The second-order valence-corrected chi connectivity index (χ2v) is 8.49. The van der Waals surface area contributed by atoms with Crippen molar-refractivity contribution in [3.8, 4) is 0 Å². The highest BCUT2D eigenvalue weighted by molar-refractivity contribution is 6.07. The minimum Gasteiger partial charge on any atom is -0.465 e. The predicted octanol–water partition coefficient (Wildman–Crippen LogP) is 4.92. The van der Waals surface area contributed by atoms with Gasteiger partial charge in [0.25, 0.3) is 5.91 Å². The third-order valence-corrected chi connectivity index (χ3v) is 6.29. The molecule has 3 aromatic rings. The quantitative estimate of drug-likeness (QED) is 0.581. The van der Waals surface area contributed by atoms with Gasteiger partial charge in [-0.15, -0.1) is 0 Å². The number of furan rings is 1. The molecular weight excluding hydrogens is 404 g/mol. The Hall–Kier alpha value is -3.41. The number of hydrogen-bond donors (Lipinski definition) is 1. The first-order valence-corrected chi connectivity index (χ1v) is 11.3. The van der Waals surface area contributed by atoms with Gasteiger partial charge < -0.3 is 14.5 Å². The molecule has 164 valence electrons. The molecule has 0 spiro atoms. The molecule has 0 bridgehead atoms. The van der Waals surface area contributed by atoms with Gasteiger partial charge in [0.2, 0.25) is 0 Å². The normalized spacial score (nSPS) is 17.4. The lowest BCUT2D eigenvalue weighted by atomic mass is 9.86. The first-order valence-electron chi connectivity index (χ1n) is 11.3. The van der Waals surface area contributed by atoms with Gasteiger partial charge in [0.05, 0.1) is 23.0 Å². The summed E-state index contributed by atoms with van der Waals surface area (Å²) in [5.41, 5.74) is 3.99. The third-order valence-electron chi connectivity index (χ3n) is 6.29. The number of nitrogens with zero attached hydrogens (tertiary/aromatic N) is 1. The van der Waals surface area contributed by atoms with Crippen molar-refractivity contribution in [2.45, 2.75) is 51.0 Å². The summed E-state index contributed by atoms with van der Waals surface area (Å²) in [7, 11) is 0. The molecule has 6 heteroatoms. The smallest absolute Gasteiger partial charge is 0.339 e. The minimum absolute atomic E-state index is 0.199. The zero-order chi connectivity index (χ0) is 21.9. The lowest BCUT2D eigenvalue weighted by Crippen LogP contribution is -2.36. The molecule has 2 heterocycles. The number of carbonyl (C=O) groups excluding carboxylic acids is 2. The molecule has 2 aliphatic rings. The van der Waals surface area contributed by atoms with Crippen LogP contribution in [-0.2, 0) is 16.0 Å². The summed E-state index contributed by atoms with van der Waals surface area (Å²) in [5, 5.41) is 3.73. The maximum absolute atomic E-state index is 13.2. The molecule has 5 rings (SSSR count). The SMILES string of the molecule is O=C(COC(=O)c1c2c(nc3ccccc13)/C(=C\c1ccco1)CCC2)NC1CCCC1. The predicted molar refractivity (Wildman–Crippen MR) is 122 cm³/mol. The minimum atomic E-state index is -0.472. The van der Waals surface area contributed by atoms with Gasteiger partial charge >= 0.3 is 5.97 Å². The number of pyridine rings is 1. The number of allylic oxidation sites excluding steroid dienone is 1. The lowest BCUT2D eigenvalue weighted by Gasteiger charge is -2.22. The molecule has 1 fully saturated rings. The van der Waals surface area contributed by atoms with Crippen LogP contribution in [0.15, 0.2) is 47.1 Å². The topological polar surface area (TPSA) is 81.4 Å². The van der Waals surface area contributed by atoms with Crippen LogP contribution in [0.3, 0.4) is 0 Å². The van der Waals surface area contributed by atoms with E-state index in [1.54, 1.807) is 6.26 Å². The maximum atomic E-state index is 13.2. The number of benzene rings is 1. The van der Waals surface area contributed by atoms with E-state index in [0.29, 0.717) is 5.56 Å². The zero-order valence-corrected chi connectivity index (χ0v) is 17.9. The van der Waals surface area contributed by atoms with E-state index in [2.05, 4.69) is 5.32 Å². The van der Waals surface area contributed by atoms with Crippen LogP contribution in [0.2, 0.25) is 0 Å². The Morgan fingerprint density at radius 2 is 1.94 bits per heavy atom. The molecule has 0 saturated heterocycles. The van der Waals surface area contributed by atoms with Crippen molar-refractivity contribution < 1.29 is 18.7 Å². The Morgan fingerprint density at radius 3 is 2.75 bits per heavy atom. The fraction of sp³-hybridized carbons (Fsp3) is 0.346. The fourth-order valence-corrected chi connectivity index (χ4v) is 4.80. The van der Waals surface area contributed by atoms with Crippen molar-refractivity contribution in [2.75, 3.05) is 6.61 Å². The van der Waals surface area contributed by atoms with Crippen LogP contribution in [0.1, 0.15) is 65.9 Å². The number of hydrogen-bond acceptors (Lipinski definition) is 5. The first-order chi connectivity index (χ1) is 15.7. The van der Waals surface area contributed by atoms with Gasteiger partial charge in [0.1, 0.15) is 5.76 Å². The molecule has 0 aliphatic heterocycles. The number of nitrogens with one attached hydrogen (secondary N) is 1. The number of rotatable bonds is 5. The van der Waals surface area contributed by atoms with Crippen molar-refractivity contribution >= 4 is 34.4 Å². The number of esters is 1. The highest BCUT2D eigenvalue weighted by atomic mass is 16.5. The summed E-state index contributed by atoms with van der Waals surface area (Å²) in [4.78, 5) is 30.4. The number of ether oxygens (including phenoxy) is 1. The molecular formula is C26H26N2O4. The number of para-hydroxylation sites is 1. The molecule has 0 atom stereocenters. The Bertz CT molecular complexity index is 1170. The van der Waals surface area contributed by atoms with Crippen molar-refractivity contribution in [3.63, 3.8) is 0 Å². The largest absolute Gasteiger partial charge is 0.465 e. The van der Waals surface area contributed by atoms with E-state index in [0.717, 1.165) is 78.4 Å². The Labute approximate surface area is 186 Å². The molecule has 2 aliphatic carbocycles. The number of fused-ring (bicyclic) bond motifs is 2. The van der Waals surface area contributed by atoms with E-state index in [-0.39, 0.29) is 18.6 Å². The van der Waals surface area contributed by atoms with Gasteiger partial charge in [-0.3, -0.25) is 4.79 Å². The highest BCUT2D eigenvalue weighted by Crippen LogP contribution is 2.36. The van der Waals surface area contributed by atoms with Gasteiger partial charge in [-0.1, -0.05) is 31.0 Å². The molecule has 0 radical (unpaired) electrons. The Morgan fingerprint density at radius 1 is 1.09 bits per heavy atom. The van der Waals surface area contributed by atoms with Crippen LogP contribution in [-0.4, -0.2) is 29.5 Å². The van der Waals surface area contributed by atoms with Gasteiger partial charge in [-0.05, 0) is 67.5 Å². The van der Waals surface area contributed by atoms with Crippen LogP contribution >= 0.6 is 0 Å². The molecule has 1 aromatic carbocycles. The highest BCUT2D eigenvalue weighted by Gasteiger charge is 2.27. The van der Waals surface area contributed by atoms with Crippen LogP contribution in [0, 0.1) is 0 Å². The molecule has 32 heavy (non-hydrogen) atoms. The second kappa shape index (κ2) is 8.99. The summed E-state index contributed by atoms with van der Waals surface area (Å²) >= 11 is 0. The van der Waals surface area contributed by atoms with Gasteiger partial charge in [0, 0.05) is 11.4 Å². The van der Waals surface area contributed by atoms with Gasteiger partial charge in [-0.25, -0.2) is 9.78 Å². The average molecular weight is 431 g/mol. The number of aromatic nitrogens is 1. The molecule has 2 aromatic heterocycles.